The van der Waals surface area contributed by atoms with Gasteiger partial charge < -0.3 is 14.6 Å². The molecular weight excluding hydrogens is 456 g/mol. The Morgan fingerprint density at radius 2 is 1.31 bits per heavy atom. The molecule has 0 bridgehead atoms. The number of hydrogen-bond acceptors (Lipinski definition) is 5. The summed E-state index contributed by atoms with van der Waals surface area (Å²) in [5, 5.41) is 8.75. The second-order valence-corrected chi connectivity index (χ2v) is 8.74. The van der Waals surface area contributed by atoms with Crippen molar-refractivity contribution in [2.75, 3.05) is 14.2 Å². The van der Waals surface area contributed by atoms with E-state index < -0.39 is 5.97 Å². The van der Waals surface area contributed by atoms with Crippen LogP contribution < -0.4 is 0 Å². The molecule has 0 aliphatic heterocycles. The molecule has 0 amide bonds. The van der Waals surface area contributed by atoms with E-state index in [1.807, 2.05) is 48.5 Å². The fraction of sp³-hybridized carbons (Fsp3) is 0.500. The van der Waals surface area contributed by atoms with E-state index in [9.17, 15) is 14.4 Å². The van der Waals surface area contributed by atoms with Crippen molar-refractivity contribution in [2.24, 2.45) is 5.92 Å². The number of Topliss-reactive ketones (excluding diaryl/α,β-unsaturated/α-hetero) is 2. The molecule has 2 aromatic rings. The van der Waals surface area contributed by atoms with Crippen LogP contribution in [0.1, 0.15) is 65.9 Å². The third-order valence-corrected chi connectivity index (χ3v) is 5.95. The first-order valence-corrected chi connectivity index (χ1v) is 12.1. The zero-order valence-corrected chi connectivity index (χ0v) is 21.4. The summed E-state index contributed by atoms with van der Waals surface area (Å²) in [6.45, 7) is 3.11. The summed E-state index contributed by atoms with van der Waals surface area (Å²) in [7, 11) is 3.24. The number of benzene rings is 2. The first kappa shape index (κ1) is 33.2. The second-order valence-electron chi connectivity index (χ2n) is 8.74. The Morgan fingerprint density at radius 1 is 0.806 bits per heavy atom. The van der Waals surface area contributed by atoms with Gasteiger partial charge in [0, 0.05) is 34.4 Å². The van der Waals surface area contributed by atoms with Crippen LogP contribution in [0.3, 0.4) is 0 Å². The van der Waals surface area contributed by atoms with Crippen molar-refractivity contribution < 1.29 is 30.4 Å². The topological polar surface area (TPSA) is 89.9 Å². The lowest BCUT2D eigenvalue weighted by atomic mass is 9.89. The zero-order chi connectivity index (χ0) is 26.1. The van der Waals surface area contributed by atoms with Crippen LogP contribution in [-0.4, -0.2) is 49.1 Å². The van der Waals surface area contributed by atoms with E-state index in [2.05, 4.69) is 12.1 Å². The highest BCUT2D eigenvalue weighted by Gasteiger charge is 2.26. The third-order valence-electron chi connectivity index (χ3n) is 5.95. The maximum absolute atomic E-state index is 11.7. The fourth-order valence-corrected chi connectivity index (χ4v) is 3.96. The molecule has 0 fully saturated rings. The largest absolute Gasteiger partial charge is 0.481 e. The number of aliphatic carboxylic acids is 1. The molecule has 0 aliphatic rings. The van der Waals surface area contributed by atoms with Crippen LogP contribution in [0.2, 0.25) is 0 Å². The number of hydrogen-bond donors (Lipinski definition) is 1. The maximum atomic E-state index is 11.7. The van der Waals surface area contributed by atoms with Crippen molar-refractivity contribution in [3.05, 3.63) is 71.8 Å². The number of rotatable bonds is 15. The van der Waals surface area contributed by atoms with Crippen molar-refractivity contribution in [2.45, 2.75) is 78.4 Å². The number of ketones is 2. The molecular formula is C30H46O6. The van der Waals surface area contributed by atoms with E-state index in [0.29, 0.717) is 19.3 Å². The molecule has 3 atom stereocenters. The van der Waals surface area contributed by atoms with Crippen LogP contribution in [0.4, 0.5) is 0 Å². The van der Waals surface area contributed by atoms with Crippen molar-refractivity contribution >= 4 is 17.5 Å². The molecule has 2 rings (SSSR count). The SMILES string of the molecule is C.COC(CCc1ccccc1)C(CCC(=O)O)C(C)=O.COC(CCc1ccccc1)CC(C)=O.[2HH]. The van der Waals surface area contributed by atoms with E-state index in [0.717, 1.165) is 19.3 Å². The van der Waals surface area contributed by atoms with Crippen molar-refractivity contribution in [3.63, 3.8) is 0 Å². The fourth-order valence-electron chi connectivity index (χ4n) is 3.96. The molecule has 0 saturated carbocycles. The Kier molecular flexibility index (Phi) is 17.8. The molecule has 1 N–H and O–H groups in total. The molecule has 0 saturated heterocycles. The maximum Gasteiger partial charge on any atom is 0.303 e. The summed E-state index contributed by atoms with van der Waals surface area (Å²) in [4.78, 5) is 33.3. The summed E-state index contributed by atoms with van der Waals surface area (Å²) < 4.78 is 10.7. The van der Waals surface area contributed by atoms with Crippen molar-refractivity contribution in [1.82, 2.24) is 0 Å². The Bertz CT molecular complexity index is 872. The van der Waals surface area contributed by atoms with Crippen molar-refractivity contribution in [3.8, 4) is 0 Å². The number of aryl methyl sites for hydroxylation is 2. The van der Waals surface area contributed by atoms with Gasteiger partial charge in [-0.05, 0) is 57.1 Å². The Morgan fingerprint density at radius 3 is 1.69 bits per heavy atom. The Balaban J connectivity index is 0. The van der Waals surface area contributed by atoms with E-state index >= 15 is 0 Å². The van der Waals surface area contributed by atoms with Crippen LogP contribution in [0.25, 0.3) is 0 Å². The number of carbonyl (C=O) groups is 3. The van der Waals surface area contributed by atoms with Crippen LogP contribution in [-0.2, 0) is 36.7 Å². The van der Waals surface area contributed by atoms with Crippen LogP contribution in [0.5, 0.6) is 0 Å². The monoisotopic (exact) mass is 503 g/mol. The van der Waals surface area contributed by atoms with Gasteiger partial charge in [0.05, 0.1) is 12.2 Å². The van der Waals surface area contributed by atoms with Gasteiger partial charge >= 0.3 is 5.97 Å². The van der Waals surface area contributed by atoms with E-state index in [4.69, 9.17) is 14.6 Å². The molecule has 2 aromatic carbocycles. The zero-order valence-electron chi connectivity index (χ0n) is 21.4. The second kappa shape index (κ2) is 19.4. The highest BCUT2D eigenvalue weighted by atomic mass is 16.5. The van der Waals surface area contributed by atoms with Gasteiger partial charge in [-0.2, -0.15) is 0 Å². The van der Waals surface area contributed by atoms with Crippen LogP contribution in [0.15, 0.2) is 60.7 Å². The van der Waals surface area contributed by atoms with Gasteiger partial charge in [0.2, 0.25) is 0 Å². The summed E-state index contributed by atoms with van der Waals surface area (Å²) in [5.74, 6) is -1.05. The van der Waals surface area contributed by atoms with E-state index in [1.54, 1.807) is 21.1 Å². The molecule has 3 unspecified atom stereocenters. The first-order valence-electron chi connectivity index (χ1n) is 12.1. The number of ether oxygens (including phenoxy) is 2. The molecule has 202 valence electrons. The molecule has 0 aliphatic carbocycles. The minimum Gasteiger partial charge on any atom is -0.481 e. The van der Waals surface area contributed by atoms with Gasteiger partial charge in [-0.25, -0.2) is 0 Å². The highest BCUT2D eigenvalue weighted by molar-refractivity contribution is 5.79. The third kappa shape index (κ3) is 14.5. The summed E-state index contributed by atoms with van der Waals surface area (Å²) in [6, 6.07) is 20.2. The Hall–Kier alpha value is -2.83. The number of carboxylic acid groups (broad SMARTS) is 1. The van der Waals surface area contributed by atoms with E-state index in [1.165, 1.54) is 18.1 Å². The minimum absolute atomic E-state index is 0. The predicted molar refractivity (Wildman–Crippen MR) is 146 cm³/mol. The molecule has 6 nitrogen and oxygen atoms in total. The standard InChI is InChI=1S/C16H22O4.C13H18O2.CH4.H2/c1-12(17)14(9-11-16(18)19)15(20-2)10-8-13-6-4-3-5-7-13;1-11(14)10-13(15-2)9-8-12-6-4-3-5-7-12;;/h3-7,14-15H,8-11H2,1-2H3,(H,18,19);3-7,13H,8-10H2,1-2H3;1H4;1H/i;;;1+1. The summed E-state index contributed by atoms with van der Waals surface area (Å²) in [6.07, 6.45) is 4.07. The predicted octanol–water partition coefficient (Wildman–Crippen LogP) is 6.20. The summed E-state index contributed by atoms with van der Waals surface area (Å²) in [5.41, 5.74) is 2.48. The quantitative estimate of drug-likeness (QED) is 0.311. The molecule has 0 aromatic heterocycles. The minimum atomic E-state index is -0.880. The molecule has 0 heterocycles. The Labute approximate surface area is 218 Å². The molecule has 0 spiro atoms. The molecule has 0 radical (unpaired) electrons. The lowest BCUT2D eigenvalue weighted by Gasteiger charge is -2.23. The first-order chi connectivity index (χ1) is 16.8. The van der Waals surface area contributed by atoms with Gasteiger partial charge in [0.1, 0.15) is 11.6 Å². The number of methoxy groups -OCH3 is 2. The smallest absolute Gasteiger partial charge is 0.303 e. The van der Waals surface area contributed by atoms with Gasteiger partial charge in [0.15, 0.2) is 0 Å². The average Bonchev–Trinajstić information content (AvgIpc) is 2.84. The van der Waals surface area contributed by atoms with Crippen LogP contribution in [0, 0.1) is 5.92 Å². The van der Waals surface area contributed by atoms with Crippen molar-refractivity contribution in [1.29, 1.82) is 0 Å². The number of carboxylic acids is 1. The lowest BCUT2D eigenvalue weighted by molar-refractivity contribution is -0.138. The van der Waals surface area contributed by atoms with Gasteiger partial charge in [-0.3, -0.25) is 14.4 Å². The lowest BCUT2D eigenvalue weighted by Crippen LogP contribution is -2.29. The molecule has 6 heteroatoms. The van der Waals surface area contributed by atoms with E-state index in [-0.39, 0.29) is 45.0 Å². The van der Waals surface area contributed by atoms with Gasteiger partial charge in [-0.1, -0.05) is 68.1 Å². The van der Waals surface area contributed by atoms with Crippen LogP contribution >= 0.6 is 0 Å². The molecule has 36 heavy (non-hydrogen) atoms. The highest BCUT2D eigenvalue weighted by Crippen LogP contribution is 2.20. The normalized spacial score (nSPS) is 12.8. The van der Waals surface area contributed by atoms with Gasteiger partial charge in [0.25, 0.3) is 0 Å². The number of carbonyl (C=O) groups excluding carboxylic acids is 2. The summed E-state index contributed by atoms with van der Waals surface area (Å²) >= 11 is 0. The average molecular weight is 504 g/mol. The van der Waals surface area contributed by atoms with Gasteiger partial charge in [-0.15, -0.1) is 0 Å².